The minimum Gasteiger partial charge on any atom is -0.496 e. The van der Waals surface area contributed by atoms with Crippen LogP contribution in [0.15, 0.2) is 36.4 Å². The fourth-order valence-electron chi connectivity index (χ4n) is 4.77. The van der Waals surface area contributed by atoms with E-state index in [9.17, 15) is 18.0 Å². The molecule has 0 aliphatic carbocycles. The topological polar surface area (TPSA) is 41.6 Å². The van der Waals surface area contributed by atoms with E-state index in [0.29, 0.717) is 11.7 Å². The predicted molar refractivity (Wildman–Crippen MR) is 109 cm³/mol. The zero-order chi connectivity index (χ0) is 21.7. The van der Waals surface area contributed by atoms with Gasteiger partial charge in [-0.15, -0.1) is 0 Å². The summed E-state index contributed by atoms with van der Waals surface area (Å²) < 4.78 is 44.6. The number of anilines is 1. The van der Waals surface area contributed by atoms with Crippen molar-refractivity contribution in [1.82, 2.24) is 4.90 Å². The smallest absolute Gasteiger partial charge is 0.419 e. The molecule has 0 radical (unpaired) electrons. The molecule has 160 valence electrons. The number of benzene rings is 2. The summed E-state index contributed by atoms with van der Waals surface area (Å²) in [5, 5.41) is 2.77. The maximum Gasteiger partial charge on any atom is 0.419 e. The van der Waals surface area contributed by atoms with Crippen LogP contribution in [-0.4, -0.2) is 31.0 Å². The van der Waals surface area contributed by atoms with Crippen molar-refractivity contribution in [2.24, 2.45) is 0 Å². The second-order valence-corrected chi connectivity index (χ2v) is 8.68. The van der Waals surface area contributed by atoms with Crippen molar-refractivity contribution in [3.63, 3.8) is 0 Å². The van der Waals surface area contributed by atoms with Crippen LogP contribution in [0.2, 0.25) is 0 Å². The van der Waals surface area contributed by atoms with Crippen LogP contribution in [0.4, 0.5) is 18.9 Å². The van der Waals surface area contributed by atoms with E-state index in [4.69, 9.17) is 4.74 Å². The van der Waals surface area contributed by atoms with E-state index in [1.807, 2.05) is 18.2 Å². The Morgan fingerprint density at radius 3 is 2.67 bits per heavy atom. The highest BCUT2D eigenvalue weighted by molar-refractivity contribution is 6.04. The van der Waals surface area contributed by atoms with Crippen molar-refractivity contribution in [1.29, 1.82) is 0 Å². The van der Waals surface area contributed by atoms with Crippen molar-refractivity contribution in [2.45, 2.75) is 44.3 Å². The number of carbonyl (C=O) groups is 1. The fraction of sp³-hybridized carbons (Fsp3) is 0.435. The number of rotatable bonds is 3. The third-order valence-corrected chi connectivity index (χ3v) is 6.13. The van der Waals surface area contributed by atoms with Crippen LogP contribution in [0, 0.1) is 0 Å². The third-order valence-electron chi connectivity index (χ3n) is 6.13. The first-order valence-electron chi connectivity index (χ1n) is 10.1. The average molecular weight is 418 g/mol. The van der Waals surface area contributed by atoms with Crippen LogP contribution in [0.25, 0.3) is 0 Å². The quantitative estimate of drug-likeness (QED) is 0.726. The van der Waals surface area contributed by atoms with E-state index < -0.39 is 17.6 Å². The highest BCUT2D eigenvalue weighted by Crippen LogP contribution is 2.45. The number of ether oxygens (including phenoxy) is 1. The number of nitrogens with one attached hydrogen (secondary N) is 1. The summed E-state index contributed by atoms with van der Waals surface area (Å²) in [4.78, 5) is 15.2. The van der Waals surface area contributed by atoms with Gasteiger partial charge in [0.1, 0.15) is 5.75 Å². The Labute approximate surface area is 174 Å². The molecule has 2 aromatic rings. The Balaban J connectivity index is 1.63. The van der Waals surface area contributed by atoms with Crippen LogP contribution in [0.5, 0.6) is 5.75 Å². The van der Waals surface area contributed by atoms with Gasteiger partial charge in [0.2, 0.25) is 0 Å². The number of hydrogen-bond donors (Lipinski definition) is 1. The van der Waals surface area contributed by atoms with E-state index in [1.54, 1.807) is 0 Å². The van der Waals surface area contributed by atoms with Crippen LogP contribution in [0.3, 0.4) is 0 Å². The van der Waals surface area contributed by atoms with E-state index in [1.165, 1.54) is 30.4 Å². The summed E-state index contributed by atoms with van der Waals surface area (Å²) in [6.07, 6.45) is -2.39. The van der Waals surface area contributed by atoms with Crippen LogP contribution in [0.1, 0.15) is 59.8 Å². The molecule has 0 aromatic heterocycles. The maximum absolute atomic E-state index is 13.3. The maximum atomic E-state index is 13.3. The van der Waals surface area contributed by atoms with Gasteiger partial charge in [-0.25, -0.2) is 0 Å². The van der Waals surface area contributed by atoms with Crippen LogP contribution < -0.4 is 10.1 Å². The lowest BCUT2D eigenvalue weighted by molar-refractivity contribution is -0.138. The summed E-state index contributed by atoms with van der Waals surface area (Å²) in [5.41, 5.74) is 2.04. The minimum atomic E-state index is -4.61. The van der Waals surface area contributed by atoms with Gasteiger partial charge in [-0.1, -0.05) is 19.9 Å². The molecule has 4 nitrogen and oxygen atoms in total. The minimum absolute atomic E-state index is 0.0102. The molecule has 1 saturated heterocycles. The fourth-order valence-corrected chi connectivity index (χ4v) is 4.77. The molecule has 2 aromatic carbocycles. The summed E-state index contributed by atoms with van der Waals surface area (Å²) in [7, 11) is 1.17. The number of hydrogen-bond acceptors (Lipinski definition) is 3. The largest absolute Gasteiger partial charge is 0.496 e. The van der Waals surface area contributed by atoms with Gasteiger partial charge in [-0.3, -0.25) is 9.69 Å². The van der Waals surface area contributed by atoms with E-state index >= 15 is 0 Å². The lowest BCUT2D eigenvalue weighted by atomic mass is 9.76. The molecule has 0 spiro atoms. The standard InChI is InChI=1S/C23H25F3N2O2/c1-22(2)13-28-10-4-5-19(28)16-12-15(7-8-17(16)22)27-21(29)14-6-9-20(30-3)18(11-14)23(24,25)26/h6-9,11-12,19H,4-5,10,13H2,1-3H3,(H,27,29)/t19-/m1/s1. The Kier molecular flexibility index (Phi) is 5.04. The highest BCUT2D eigenvalue weighted by Gasteiger charge is 2.40. The van der Waals surface area contributed by atoms with Gasteiger partial charge in [-0.05, 0) is 60.8 Å². The van der Waals surface area contributed by atoms with E-state index in [0.717, 1.165) is 32.0 Å². The Morgan fingerprint density at radius 2 is 1.97 bits per heavy atom. The van der Waals surface area contributed by atoms with Crippen molar-refractivity contribution >= 4 is 11.6 Å². The Bertz CT molecular complexity index is 985. The number of nitrogens with zero attached hydrogens (tertiary/aromatic N) is 1. The summed E-state index contributed by atoms with van der Waals surface area (Å²) in [5.74, 6) is -0.891. The molecule has 1 fully saturated rings. The van der Waals surface area contributed by atoms with Crippen molar-refractivity contribution in [2.75, 3.05) is 25.5 Å². The summed E-state index contributed by atoms with van der Waals surface area (Å²) in [6, 6.07) is 9.52. The average Bonchev–Trinajstić information content (AvgIpc) is 3.14. The van der Waals surface area contributed by atoms with Crippen LogP contribution in [-0.2, 0) is 11.6 Å². The van der Waals surface area contributed by atoms with Gasteiger partial charge in [0.25, 0.3) is 5.91 Å². The van der Waals surface area contributed by atoms with Gasteiger partial charge < -0.3 is 10.1 Å². The Morgan fingerprint density at radius 1 is 1.20 bits per heavy atom. The molecule has 2 heterocycles. The van der Waals surface area contributed by atoms with Crippen molar-refractivity contribution in [3.05, 3.63) is 58.7 Å². The van der Waals surface area contributed by atoms with Gasteiger partial charge >= 0.3 is 6.18 Å². The first-order chi connectivity index (χ1) is 14.1. The first-order valence-corrected chi connectivity index (χ1v) is 10.1. The first kappa shape index (κ1) is 20.7. The summed E-state index contributed by atoms with van der Waals surface area (Å²) in [6.45, 7) is 6.50. The summed E-state index contributed by atoms with van der Waals surface area (Å²) >= 11 is 0. The molecule has 0 unspecified atom stereocenters. The molecular formula is C23H25F3N2O2. The lowest BCUT2D eigenvalue weighted by Gasteiger charge is -2.42. The molecule has 0 saturated carbocycles. The van der Waals surface area contributed by atoms with Crippen molar-refractivity contribution in [3.8, 4) is 5.75 Å². The predicted octanol–water partition coefficient (Wildman–Crippen LogP) is 5.39. The molecule has 0 bridgehead atoms. The second kappa shape index (κ2) is 7.30. The number of halogens is 3. The molecule has 1 N–H and O–H groups in total. The lowest BCUT2D eigenvalue weighted by Crippen LogP contribution is -2.42. The normalized spacial score (nSPS) is 20.4. The van der Waals surface area contributed by atoms with Crippen LogP contribution >= 0.6 is 0 Å². The molecule has 1 atom stereocenters. The van der Waals surface area contributed by atoms with E-state index in [-0.39, 0.29) is 16.7 Å². The van der Waals surface area contributed by atoms with E-state index in [2.05, 4.69) is 24.1 Å². The zero-order valence-corrected chi connectivity index (χ0v) is 17.3. The zero-order valence-electron chi connectivity index (χ0n) is 17.3. The second-order valence-electron chi connectivity index (χ2n) is 8.68. The molecule has 7 heteroatoms. The highest BCUT2D eigenvalue weighted by atomic mass is 19.4. The molecule has 30 heavy (non-hydrogen) atoms. The molecule has 2 aliphatic rings. The molecular weight excluding hydrogens is 393 g/mol. The number of alkyl halides is 3. The van der Waals surface area contributed by atoms with Gasteiger partial charge in [0.15, 0.2) is 0 Å². The molecule has 4 rings (SSSR count). The SMILES string of the molecule is COc1ccc(C(=O)Nc2ccc3c(c2)[C@H]2CCCN2CC3(C)C)cc1C(F)(F)F. The van der Waals surface area contributed by atoms with Crippen molar-refractivity contribution < 1.29 is 22.7 Å². The van der Waals surface area contributed by atoms with Gasteiger partial charge in [-0.2, -0.15) is 13.2 Å². The number of carbonyl (C=O) groups excluding carboxylic acids is 1. The Hall–Kier alpha value is -2.54. The van der Waals surface area contributed by atoms with Gasteiger partial charge in [0, 0.05) is 29.3 Å². The number of fused-ring (bicyclic) bond motifs is 3. The monoisotopic (exact) mass is 418 g/mol. The number of methoxy groups -OCH3 is 1. The molecule has 2 aliphatic heterocycles. The molecule has 1 amide bonds. The van der Waals surface area contributed by atoms with Gasteiger partial charge in [0.05, 0.1) is 12.7 Å². The number of amides is 1. The third kappa shape index (κ3) is 3.67.